The van der Waals surface area contributed by atoms with Crippen LogP contribution in [0.5, 0.6) is 0 Å². The van der Waals surface area contributed by atoms with Gasteiger partial charge in [0.1, 0.15) is 0 Å². The van der Waals surface area contributed by atoms with Gasteiger partial charge >= 0.3 is 0 Å². The van der Waals surface area contributed by atoms with Gasteiger partial charge in [0.15, 0.2) is 5.96 Å². The highest BCUT2D eigenvalue weighted by atomic mass is 16.5. The van der Waals surface area contributed by atoms with Crippen LogP contribution in [0.4, 0.5) is 0 Å². The van der Waals surface area contributed by atoms with E-state index in [1.165, 1.54) is 0 Å². The van der Waals surface area contributed by atoms with E-state index in [2.05, 4.69) is 41.7 Å². The number of amides is 1. The molecule has 0 aliphatic carbocycles. The molecular weight excluding hydrogens is 280 g/mol. The van der Waals surface area contributed by atoms with Gasteiger partial charge in [-0.1, -0.05) is 41.5 Å². The van der Waals surface area contributed by atoms with Crippen LogP contribution >= 0.6 is 0 Å². The van der Waals surface area contributed by atoms with Crippen molar-refractivity contribution >= 4 is 11.9 Å². The summed E-state index contributed by atoms with van der Waals surface area (Å²) in [6, 6.07) is 0. The molecule has 1 amide bonds. The first-order valence-corrected chi connectivity index (χ1v) is 7.78. The number of methoxy groups -OCH3 is 1. The van der Waals surface area contributed by atoms with Crippen LogP contribution in [0.15, 0.2) is 4.99 Å². The summed E-state index contributed by atoms with van der Waals surface area (Å²) in [5.41, 5.74) is -0.306. The average molecular weight is 314 g/mol. The van der Waals surface area contributed by atoms with Gasteiger partial charge in [-0.2, -0.15) is 0 Å². The minimum Gasteiger partial charge on any atom is -0.379 e. The van der Waals surface area contributed by atoms with Crippen LogP contribution in [0.25, 0.3) is 0 Å². The fourth-order valence-corrected chi connectivity index (χ4v) is 1.78. The van der Waals surface area contributed by atoms with Gasteiger partial charge in [-0.05, 0) is 5.41 Å². The summed E-state index contributed by atoms with van der Waals surface area (Å²) in [7, 11) is 3.44. The Balaban J connectivity index is 4.12. The predicted molar refractivity (Wildman–Crippen MR) is 92.1 cm³/mol. The zero-order valence-electron chi connectivity index (χ0n) is 15.5. The van der Waals surface area contributed by atoms with Crippen LogP contribution < -0.4 is 16.0 Å². The molecule has 6 nitrogen and oxygen atoms in total. The second-order valence-corrected chi connectivity index (χ2v) is 7.48. The quantitative estimate of drug-likeness (QED) is 0.393. The monoisotopic (exact) mass is 314 g/mol. The first-order chi connectivity index (χ1) is 10.0. The number of hydrogen-bond acceptors (Lipinski definition) is 3. The Bertz CT molecular complexity index is 367. The maximum atomic E-state index is 11.7. The lowest BCUT2D eigenvalue weighted by Crippen LogP contribution is -2.47. The van der Waals surface area contributed by atoms with Crippen molar-refractivity contribution in [2.45, 2.75) is 47.6 Å². The van der Waals surface area contributed by atoms with E-state index in [1.807, 2.05) is 20.8 Å². The topological polar surface area (TPSA) is 74.8 Å². The van der Waals surface area contributed by atoms with Gasteiger partial charge in [0.05, 0.1) is 6.10 Å². The lowest BCUT2D eigenvalue weighted by molar-refractivity contribution is -0.128. The number of nitrogens with zero attached hydrogens (tertiary/aromatic N) is 1. The van der Waals surface area contributed by atoms with Crippen molar-refractivity contribution in [1.82, 2.24) is 16.0 Å². The van der Waals surface area contributed by atoms with Crippen molar-refractivity contribution in [3.63, 3.8) is 0 Å². The minimum atomic E-state index is -0.363. The summed E-state index contributed by atoms with van der Waals surface area (Å²) in [5, 5.41) is 9.32. The average Bonchev–Trinajstić information content (AvgIpc) is 2.38. The third kappa shape index (κ3) is 8.22. The van der Waals surface area contributed by atoms with Crippen molar-refractivity contribution in [3.8, 4) is 0 Å². The molecular formula is C16H34N4O2. The molecule has 3 N–H and O–H groups in total. The van der Waals surface area contributed by atoms with Crippen molar-refractivity contribution in [3.05, 3.63) is 0 Å². The van der Waals surface area contributed by atoms with Gasteiger partial charge < -0.3 is 20.7 Å². The number of nitrogens with one attached hydrogen (secondary N) is 3. The van der Waals surface area contributed by atoms with Gasteiger partial charge in [-0.25, -0.2) is 0 Å². The second kappa shape index (κ2) is 8.98. The summed E-state index contributed by atoms with van der Waals surface area (Å²) in [6.45, 7) is 14.0. The lowest BCUT2D eigenvalue weighted by Gasteiger charge is -2.30. The van der Waals surface area contributed by atoms with Crippen LogP contribution in [-0.4, -0.2) is 51.8 Å². The van der Waals surface area contributed by atoms with Crippen molar-refractivity contribution in [2.75, 3.05) is 33.8 Å². The number of rotatable bonds is 6. The maximum absolute atomic E-state index is 11.7. The lowest BCUT2D eigenvalue weighted by atomic mass is 9.89. The first-order valence-electron chi connectivity index (χ1n) is 7.78. The summed E-state index contributed by atoms with van der Waals surface area (Å²) in [4.78, 5) is 15.9. The van der Waals surface area contributed by atoms with Gasteiger partial charge in [0.25, 0.3) is 0 Å². The number of guanidine groups is 1. The molecule has 1 atom stereocenters. The van der Waals surface area contributed by atoms with E-state index in [9.17, 15) is 4.79 Å². The number of aliphatic imine (C=N–C) groups is 1. The van der Waals surface area contributed by atoms with Crippen LogP contribution in [0.1, 0.15) is 41.5 Å². The molecule has 0 saturated carbocycles. The predicted octanol–water partition coefficient (Wildman–Crippen LogP) is 1.37. The number of carbonyl (C=O) groups excluding carboxylic acids is 1. The highest BCUT2D eigenvalue weighted by Gasteiger charge is 2.24. The van der Waals surface area contributed by atoms with Crippen LogP contribution in [0.2, 0.25) is 0 Å². The summed E-state index contributed by atoms with van der Waals surface area (Å²) in [6.07, 6.45) is 0.0895. The van der Waals surface area contributed by atoms with Gasteiger partial charge in [0.2, 0.25) is 5.91 Å². The fourth-order valence-electron chi connectivity index (χ4n) is 1.78. The van der Waals surface area contributed by atoms with Crippen molar-refractivity contribution < 1.29 is 9.53 Å². The third-order valence-electron chi connectivity index (χ3n) is 3.31. The molecule has 0 aromatic carbocycles. The molecule has 1 unspecified atom stereocenters. The Kier molecular flexibility index (Phi) is 8.45. The largest absolute Gasteiger partial charge is 0.379 e. The summed E-state index contributed by atoms with van der Waals surface area (Å²) < 4.78 is 5.50. The van der Waals surface area contributed by atoms with Crippen molar-refractivity contribution in [1.29, 1.82) is 0 Å². The molecule has 0 aromatic heterocycles. The maximum Gasteiger partial charge on any atom is 0.225 e. The molecule has 0 bridgehead atoms. The molecule has 6 heteroatoms. The Morgan fingerprint density at radius 1 is 1.05 bits per heavy atom. The van der Waals surface area contributed by atoms with E-state index in [1.54, 1.807) is 14.2 Å². The SMILES string of the molecule is CN=C(NCCNC(=O)C(C)(C)C)NCC(OC)C(C)(C)C. The van der Waals surface area contributed by atoms with E-state index < -0.39 is 0 Å². The van der Waals surface area contributed by atoms with Gasteiger partial charge in [-0.15, -0.1) is 0 Å². The number of ether oxygens (including phenoxy) is 1. The molecule has 0 heterocycles. The highest BCUT2D eigenvalue weighted by molar-refractivity contribution is 5.81. The van der Waals surface area contributed by atoms with Crippen molar-refractivity contribution in [2.24, 2.45) is 15.8 Å². The molecule has 0 aromatic rings. The van der Waals surface area contributed by atoms with Gasteiger partial charge in [0, 0.05) is 39.2 Å². The summed E-state index contributed by atoms with van der Waals surface area (Å²) in [5.74, 6) is 0.751. The zero-order valence-corrected chi connectivity index (χ0v) is 15.5. The molecule has 0 aliphatic heterocycles. The molecule has 0 rings (SSSR count). The standard InChI is InChI=1S/C16H34N4O2/c1-15(2,3)12(22-8)11-20-14(17-7)19-10-9-18-13(21)16(4,5)6/h12H,9-11H2,1-8H3,(H,18,21)(H2,17,19,20). The number of hydrogen-bond donors (Lipinski definition) is 3. The molecule has 0 radical (unpaired) electrons. The van der Waals surface area contributed by atoms with Gasteiger partial charge in [-0.3, -0.25) is 9.79 Å². The molecule has 22 heavy (non-hydrogen) atoms. The molecule has 0 aliphatic rings. The Morgan fingerprint density at radius 2 is 1.59 bits per heavy atom. The molecule has 0 spiro atoms. The zero-order chi connectivity index (χ0) is 17.4. The Labute approximate surface area is 135 Å². The fraction of sp³-hybridized carbons (Fsp3) is 0.875. The molecule has 130 valence electrons. The van der Waals surface area contributed by atoms with Crippen LogP contribution in [0, 0.1) is 10.8 Å². The van der Waals surface area contributed by atoms with E-state index >= 15 is 0 Å². The van der Waals surface area contributed by atoms with Crippen LogP contribution in [-0.2, 0) is 9.53 Å². The molecule has 0 fully saturated rings. The summed E-state index contributed by atoms with van der Waals surface area (Å²) >= 11 is 0. The third-order valence-corrected chi connectivity index (χ3v) is 3.31. The normalized spacial score (nSPS) is 14.5. The first kappa shape index (κ1) is 20.7. The van der Waals surface area contributed by atoms with E-state index in [-0.39, 0.29) is 22.8 Å². The number of carbonyl (C=O) groups is 1. The minimum absolute atomic E-state index is 0.0458. The second-order valence-electron chi connectivity index (χ2n) is 7.48. The Hall–Kier alpha value is -1.30. The van der Waals surface area contributed by atoms with E-state index in [4.69, 9.17) is 4.74 Å². The highest BCUT2D eigenvalue weighted by Crippen LogP contribution is 2.20. The smallest absolute Gasteiger partial charge is 0.225 e. The van der Waals surface area contributed by atoms with E-state index in [0.29, 0.717) is 25.6 Å². The van der Waals surface area contributed by atoms with Crippen LogP contribution in [0.3, 0.4) is 0 Å². The van der Waals surface area contributed by atoms with E-state index in [0.717, 1.165) is 0 Å². The Morgan fingerprint density at radius 3 is 2.00 bits per heavy atom. The molecule has 0 saturated heterocycles.